The Morgan fingerprint density at radius 3 is 2.50 bits per heavy atom. The maximum atomic E-state index is 12.4. The first-order valence-corrected chi connectivity index (χ1v) is 6.88. The van der Waals surface area contributed by atoms with E-state index < -0.39 is 12.0 Å². The zero-order chi connectivity index (χ0) is 13.1. The molecule has 2 heterocycles. The smallest absolute Gasteiger partial charge is 0.326 e. The molecule has 2 atom stereocenters. The van der Waals surface area contributed by atoms with Crippen LogP contribution in [0.15, 0.2) is 0 Å². The molecule has 0 radical (unpaired) electrons. The number of likely N-dealkylation sites (tertiary alicyclic amines) is 2. The largest absolute Gasteiger partial charge is 0.480 e. The monoisotopic (exact) mass is 254 g/mol. The van der Waals surface area contributed by atoms with E-state index in [2.05, 4.69) is 6.92 Å². The van der Waals surface area contributed by atoms with Crippen LogP contribution in [0.25, 0.3) is 0 Å². The van der Waals surface area contributed by atoms with Gasteiger partial charge in [0.25, 0.3) is 0 Å². The second-order valence-electron chi connectivity index (χ2n) is 5.50. The third-order valence-electron chi connectivity index (χ3n) is 4.07. The lowest BCUT2D eigenvalue weighted by Gasteiger charge is -2.29. The Hall–Kier alpha value is -1.26. The molecule has 2 aliphatic heterocycles. The molecule has 2 amide bonds. The molecule has 0 bridgehead atoms. The lowest BCUT2D eigenvalue weighted by atomic mass is 10.0. The highest BCUT2D eigenvalue weighted by Gasteiger charge is 2.36. The number of amides is 2. The molecule has 18 heavy (non-hydrogen) atoms. The molecule has 0 spiro atoms. The fourth-order valence-corrected chi connectivity index (χ4v) is 2.89. The first kappa shape index (κ1) is 13.2. The molecule has 2 aliphatic rings. The number of hydrogen-bond donors (Lipinski definition) is 1. The summed E-state index contributed by atoms with van der Waals surface area (Å²) in [4.78, 5) is 26.8. The standard InChI is InChI=1S/C13H22N2O3/c1-10-4-2-7-14(9-6-10)13(18)15-8-3-5-11(15)12(16)17/h10-11H,2-9H2,1H3,(H,16,17). The van der Waals surface area contributed by atoms with Gasteiger partial charge in [0.05, 0.1) is 0 Å². The van der Waals surface area contributed by atoms with Crippen molar-refractivity contribution in [3.8, 4) is 0 Å². The Morgan fingerprint density at radius 2 is 1.78 bits per heavy atom. The number of urea groups is 1. The summed E-state index contributed by atoms with van der Waals surface area (Å²) >= 11 is 0. The summed E-state index contributed by atoms with van der Waals surface area (Å²) in [5, 5.41) is 9.12. The Kier molecular flexibility index (Phi) is 4.09. The van der Waals surface area contributed by atoms with Crippen LogP contribution in [0.2, 0.25) is 0 Å². The summed E-state index contributed by atoms with van der Waals surface area (Å²) in [5.41, 5.74) is 0. The van der Waals surface area contributed by atoms with Crippen LogP contribution in [-0.2, 0) is 4.79 Å². The quantitative estimate of drug-likeness (QED) is 0.776. The number of carboxylic acid groups (broad SMARTS) is 1. The summed E-state index contributed by atoms with van der Waals surface area (Å²) in [5.74, 6) is -0.208. The third kappa shape index (κ3) is 2.76. The summed E-state index contributed by atoms with van der Waals surface area (Å²) in [6.45, 7) is 4.33. The lowest BCUT2D eigenvalue weighted by molar-refractivity contribution is -0.141. The lowest BCUT2D eigenvalue weighted by Crippen LogP contribution is -2.48. The second kappa shape index (κ2) is 5.59. The van der Waals surface area contributed by atoms with Crippen molar-refractivity contribution in [2.75, 3.05) is 19.6 Å². The molecule has 0 aromatic rings. The van der Waals surface area contributed by atoms with Crippen molar-refractivity contribution in [2.24, 2.45) is 5.92 Å². The molecule has 5 heteroatoms. The molecule has 2 saturated heterocycles. The van der Waals surface area contributed by atoms with Gasteiger partial charge in [0, 0.05) is 19.6 Å². The molecular weight excluding hydrogens is 232 g/mol. The predicted molar refractivity (Wildman–Crippen MR) is 67.3 cm³/mol. The Morgan fingerprint density at radius 1 is 1.06 bits per heavy atom. The fraction of sp³-hybridized carbons (Fsp3) is 0.846. The molecule has 0 aromatic carbocycles. The highest BCUT2D eigenvalue weighted by atomic mass is 16.4. The molecule has 0 aliphatic carbocycles. The van der Waals surface area contributed by atoms with Gasteiger partial charge < -0.3 is 14.9 Å². The van der Waals surface area contributed by atoms with E-state index in [4.69, 9.17) is 5.11 Å². The molecule has 0 saturated carbocycles. The second-order valence-corrected chi connectivity index (χ2v) is 5.50. The van der Waals surface area contributed by atoms with Crippen LogP contribution in [0, 0.1) is 5.92 Å². The van der Waals surface area contributed by atoms with E-state index in [-0.39, 0.29) is 6.03 Å². The summed E-state index contributed by atoms with van der Waals surface area (Å²) in [6, 6.07) is -0.688. The van der Waals surface area contributed by atoms with Crippen molar-refractivity contribution in [1.29, 1.82) is 0 Å². The van der Waals surface area contributed by atoms with Gasteiger partial charge in [-0.3, -0.25) is 0 Å². The molecular formula is C13H22N2O3. The zero-order valence-electron chi connectivity index (χ0n) is 11.0. The molecule has 102 valence electrons. The van der Waals surface area contributed by atoms with Crippen LogP contribution in [0.1, 0.15) is 39.0 Å². The summed E-state index contributed by atoms with van der Waals surface area (Å²) < 4.78 is 0. The third-order valence-corrected chi connectivity index (χ3v) is 4.07. The predicted octanol–water partition coefficient (Wildman–Crippen LogP) is 1.78. The molecule has 0 aromatic heterocycles. The van der Waals surface area contributed by atoms with Crippen LogP contribution >= 0.6 is 0 Å². The molecule has 2 rings (SSSR count). The van der Waals surface area contributed by atoms with E-state index in [0.29, 0.717) is 18.9 Å². The average Bonchev–Trinajstić information content (AvgIpc) is 2.72. The SMILES string of the molecule is CC1CCCN(C(=O)N2CCCC2C(=O)O)CC1. The van der Waals surface area contributed by atoms with E-state index in [1.54, 1.807) is 4.90 Å². The minimum absolute atomic E-state index is 0.0750. The van der Waals surface area contributed by atoms with Gasteiger partial charge in [-0.1, -0.05) is 6.92 Å². The number of carbonyl (C=O) groups excluding carboxylic acids is 1. The molecule has 1 N–H and O–H groups in total. The van der Waals surface area contributed by atoms with Crippen molar-refractivity contribution in [3.63, 3.8) is 0 Å². The van der Waals surface area contributed by atoms with Crippen LogP contribution in [0.5, 0.6) is 0 Å². The Labute approximate surface area is 108 Å². The number of aliphatic carboxylic acids is 1. The minimum atomic E-state index is -0.871. The summed E-state index contributed by atoms with van der Waals surface area (Å²) in [7, 11) is 0. The van der Waals surface area contributed by atoms with Gasteiger partial charge in [0.2, 0.25) is 0 Å². The molecule has 2 fully saturated rings. The van der Waals surface area contributed by atoms with E-state index in [0.717, 1.165) is 38.8 Å². The minimum Gasteiger partial charge on any atom is -0.480 e. The van der Waals surface area contributed by atoms with Gasteiger partial charge in [-0.2, -0.15) is 0 Å². The van der Waals surface area contributed by atoms with Gasteiger partial charge >= 0.3 is 12.0 Å². The summed E-state index contributed by atoms with van der Waals surface area (Å²) in [6.07, 6.45) is 4.60. The molecule has 5 nitrogen and oxygen atoms in total. The van der Waals surface area contributed by atoms with Crippen molar-refractivity contribution >= 4 is 12.0 Å². The number of rotatable bonds is 1. The first-order chi connectivity index (χ1) is 8.59. The maximum Gasteiger partial charge on any atom is 0.326 e. The van der Waals surface area contributed by atoms with E-state index in [1.165, 1.54) is 0 Å². The normalized spacial score (nSPS) is 29.2. The maximum absolute atomic E-state index is 12.4. The highest BCUT2D eigenvalue weighted by molar-refractivity contribution is 5.83. The van der Waals surface area contributed by atoms with E-state index >= 15 is 0 Å². The van der Waals surface area contributed by atoms with Gasteiger partial charge in [-0.25, -0.2) is 9.59 Å². The van der Waals surface area contributed by atoms with E-state index in [1.807, 2.05) is 4.90 Å². The van der Waals surface area contributed by atoms with Crippen LogP contribution in [0.4, 0.5) is 4.79 Å². The van der Waals surface area contributed by atoms with Gasteiger partial charge in [-0.15, -0.1) is 0 Å². The van der Waals surface area contributed by atoms with Gasteiger partial charge in [0.1, 0.15) is 6.04 Å². The number of nitrogens with zero attached hydrogens (tertiary/aromatic N) is 2. The van der Waals surface area contributed by atoms with Crippen molar-refractivity contribution < 1.29 is 14.7 Å². The van der Waals surface area contributed by atoms with Crippen molar-refractivity contribution in [2.45, 2.75) is 45.1 Å². The van der Waals surface area contributed by atoms with Gasteiger partial charge in [0.15, 0.2) is 0 Å². The Balaban J connectivity index is 1.99. The van der Waals surface area contributed by atoms with Crippen LogP contribution in [0.3, 0.4) is 0 Å². The van der Waals surface area contributed by atoms with Crippen LogP contribution in [-0.4, -0.2) is 52.6 Å². The van der Waals surface area contributed by atoms with Crippen molar-refractivity contribution in [1.82, 2.24) is 9.80 Å². The van der Waals surface area contributed by atoms with Crippen LogP contribution < -0.4 is 0 Å². The molecule has 2 unspecified atom stereocenters. The fourth-order valence-electron chi connectivity index (χ4n) is 2.89. The Bertz CT molecular complexity index is 332. The first-order valence-electron chi connectivity index (χ1n) is 6.88. The number of carbonyl (C=O) groups is 2. The van der Waals surface area contributed by atoms with Gasteiger partial charge in [-0.05, 0) is 38.0 Å². The van der Waals surface area contributed by atoms with Crippen molar-refractivity contribution in [3.05, 3.63) is 0 Å². The topological polar surface area (TPSA) is 60.9 Å². The van der Waals surface area contributed by atoms with E-state index in [9.17, 15) is 9.59 Å². The number of hydrogen-bond acceptors (Lipinski definition) is 2. The average molecular weight is 254 g/mol. The highest BCUT2D eigenvalue weighted by Crippen LogP contribution is 2.22. The zero-order valence-corrected chi connectivity index (χ0v) is 11.0. The number of carboxylic acids is 1.